The highest BCUT2D eigenvalue weighted by Crippen LogP contribution is 2.48. The number of rotatable bonds is 2. The molecule has 0 bridgehead atoms. The molecule has 5 heteroatoms. The van der Waals surface area contributed by atoms with Crippen LogP contribution < -0.4 is 0 Å². The molecule has 2 aliphatic heterocycles. The molecule has 0 aliphatic carbocycles. The molecule has 1 N–H and O–H groups in total. The lowest BCUT2D eigenvalue weighted by molar-refractivity contribution is 0.0774. The molecule has 2 fully saturated rings. The van der Waals surface area contributed by atoms with Crippen LogP contribution in [-0.2, 0) is 0 Å². The van der Waals surface area contributed by atoms with Crippen molar-refractivity contribution in [2.45, 2.75) is 37.3 Å². The van der Waals surface area contributed by atoms with Crippen LogP contribution >= 0.6 is 0 Å². The van der Waals surface area contributed by atoms with Gasteiger partial charge in [0.25, 0.3) is 0 Å². The van der Waals surface area contributed by atoms with Crippen LogP contribution in [0, 0.1) is 17.5 Å². The van der Waals surface area contributed by atoms with Gasteiger partial charge in [-0.15, -0.1) is 0 Å². The van der Waals surface area contributed by atoms with Crippen molar-refractivity contribution in [3.05, 3.63) is 35.1 Å². The van der Waals surface area contributed by atoms with Crippen molar-refractivity contribution in [3.8, 4) is 0 Å². The van der Waals surface area contributed by atoms with E-state index < -0.39 is 17.5 Å². The lowest BCUT2D eigenvalue weighted by Crippen LogP contribution is -2.42. The molecule has 3 rings (SSSR count). The van der Waals surface area contributed by atoms with Crippen molar-refractivity contribution >= 4 is 0 Å². The molecule has 0 spiro atoms. The number of hydrogen-bond acceptors (Lipinski definition) is 2. The standard InChI is InChI=1S/C14H16F3NO/c15-10-6-9(7-11(16)13(10)17)12-2-4-14(8-19)3-1-5-18(12)14/h6-7,12,19H,1-5,8H2/t12-,14+/m0/s1. The summed E-state index contributed by atoms with van der Waals surface area (Å²) in [6, 6.07) is 2.03. The second-order valence-electron chi connectivity index (χ2n) is 5.53. The number of fused-ring (bicyclic) bond motifs is 1. The lowest BCUT2D eigenvalue weighted by Gasteiger charge is -2.33. The molecule has 0 saturated carbocycles. The number of hydrogen-bond donors (Lipinski definition) is 1. The van der Waals surface area contributed by atoms with Gasteiger partial charge < -0.3 is 5.11 Å². The van der Waals surface area contributed by atoms with E-state index in [-0.39, 0.29) is 18.2 Å². The fourth-order valence-corrected chi connectivity index (χ4v) is 3.64. The van der Waals surface area contributed by atoms with Gasteiger partial charge in [-0.25, -0.2) is 13.2 Å². The third kappa shape index (κ3) is 1.87. The molecule has 2 aliphatic rings. The van der Waals surface area contributed by atoms with Crippen LogP contribution in [0.5, 0.6) is 0 Å². The summed E-state index contributed by atoms with van der Waals surface area (Å²) in [6.07, 6.45) is 3.44. The molecule has 1 aromatic carbocycles. The van der Waals surface area contributed by atoms with Crippen LogP contribution in [0.15, 0.2) is 12.1 Å². The van der Waals surface area contributed by atoms with E-state index in [4.69, 9.17) is 0 Å². The van der Waals surface area contributed by atoms with Gasteiger partial charge in [0.2, 0.25) is 0 Å². The average molecular weight is 271 g/mol. The quantitative estimate of drug-likeness (QED) is 0.836. The molecular formula is C14H16F3NO. The van der Waals surface area contributed by atoms with E-state index in [2.05, 4.69) is 4.90 Å². The van der Waals surface area contributed by atoms with E-state index in [0.29, 0.717) is 5.56 Å². The maximum Gasteiger partial charge on any atom is 0.194 e. The second kappa shape index (κ2) is 4.49. The molecule has 2 atom stereocenters. The van der Waals surface area contributed by atoms with Crippen LogP contribution in [0.1, 0.15) is 37.3 Å². The fraction of sp³-hybridized carbons (Fsp3) is 0.571. The Bertz CT molecular complexity index is 484. The van der Waals surface area contributed by atoms with Crippen LogP contribution in [0.4, 0.5) is 13.2 Å². The summed E-state index contributed by atoms with van der Waals surface area (Å²) >= 11 is 0. The van der Waals surface area contributed by atoms with Crippen molar-refractivity contribution in [2.24, 2.45) is 0 Å². The predicted molar refractivity (Wildman–Crippen MR) is 64.0 cm³/mol. The summed E-state index contributed by atoms with van der Waals surface area (Å²) in [4.78, 5) is 2.12. The van der Waals surface area contributed by atoms with Gasteiger partial charge >= 0.3 is 0 Å². The minimum Gasteiger partial charge on any atom is -0.394 e. The third-order valence-corrected chi connectivity index (χ3v) is 4.60. The topological polar surface area (TPSA) is 23.5 Å². The van der Waals surface area contributed by atoms with Gasteiger partial charge in [0.1, 0.15) is 0 Å². The van der Waals surface area contributed by atoms with Gasteiger partial charge in [-0.3, -0.25) is 4.90 Å². The van der Waals surface area contributed by atoms with Crippen LogP contribution in [0.3, 0.4) is 0 Å². The van der Waals surface area contributed by atoms with Crippen LogP contribution in [0.2, 0.25) is 0 Å². The first-order chi connectivity index (χ1) is 9.07. The van der Waals surface area contributed by atoms with E-state index in [0.717, 1.165) is 44.4 Å². The summed E-state index contributed by atoms with van der Waals surface area (Å²) in [6.45, 7) is 0.876. The highest BCUT2D eigenvalue weighted by molar-refractivity contribution is 5.25. The number of benzene rings is 1. The molecule has 104 valence electrons. The van der Waals surface area contributed by atoms with Crippen molar-refractivity contribution in [3.63, 3.8) is 0 Å². The predicted octanol–water partition coefficient (Wildman–Crippen LogP) is 2.77. The first kappa shape index (κ1) is 12.9. The number of nitrogens with zero attached hydrogens (tertiary/aromatic N) is 1. The van der Waals surface area contributed by atoms with Gasteiger partial charge in [0, 0.05) is 11.6 Å². The molecule has 0 unspecified atom stereocenters. The molecule has 19 heavy (non-hydrogen) atoms. The molecule has 2 nitrogen and oxygen atoms in total. The van der Waals surface area contributed by atoms with E-state index in [1.54, 1.807) is 0 Å². The minimum atomic E-state index is -1.42. The lowest BCUT2D eigenvalue weighted by atomic mass is 9.95. The number of aliphatic hydroxyl groups excluding tert-OH is 1. The molecular weight excluding hydrogens is 255 g/mol. The summed E-state index contributed by atoms with van der Waals surface area (Å²) in [5.41, 5.74) is 0.222. The van der Waals surface area contributed by atoms with Crippen LogP contribution in [0.25, 0.3) is 0 Å². The Morgan fingerprint density at radius 1 is 1.21 bits per heavy atom. The largest absolute Gasteiger partial charge is 0.394 e. The fourth-order valence-electron chi connectivity index (χ4n) is 3.64. The highest BCUT2D eigenvalue weighted by Gasteiger charge is 2.49. The van der Waals surface area contributed by atoms with Crippen LogP contribution in [-0.4, -0.2) is 28.7 Å². The Kier molecular flexibility index (Phi) is 3.06. The van der Waals surface area contributed by atoms with E-state index in [9.17, 15) is 18.3 Å². The van der Waals surface area contributed by atoms with Gasteiger partial charge in [0.05, 0.1) is 6.61 Å². The minimum absolute atomic E-state index is 0.0651. The van der Waals surface area contributed by atoms with Gasteiger partial charge in [-0.1, -0.05) is 0 Å². The SMILES string of the molecule is OC[C@]12CCCN1[C@H](c1cc(F)c(F)c(F)c1)CC2. The maximum atomic E-state index is 13.3. The molecule has 0 amide bonds. The Morgan fingerprint density at radius 2 is 1.89 bits per heavy atom. The molecule has 1 aromatic rings. The van der Waals surface area contributed by atoms with Crippen molar-refractivity contribution < 1.29 is 18.3 Å². The average Bonchev–Trinajstić information content (AvgIpc) is 2.93. The zero-order valence-corrected chi connectivity index (χ0v) is 10.5. The Labute approximate surface area is 109 Å². The summed E-state index contributed by atoms with van der Waals surface area (Å²) in [5, 5.41) is 9.60. The Hall–Kier alpha value is -1.07. The normalized spacial score (nSPS) is 30.8. The molecule has 0 aromatic heterocycles. The van der Waals surface area contributed by atoms with Gasteiger partial charge in [0.15, 0.2) is 17.5 Å². The van der Waals surface area contributed by atoms with Gasteiger partial charge in [-0.2, -0.15) is 0 Å². The smallest absolute Gasteiger partial charge is 0.194 e. The number of halogens is 3. The van der Waals surface area contributed by atoms with E-state index in [1.807, 2.05) is 0 Å². The van der Waals surface area contributed by atoms with E-state index in [1.165, 1.54) is 0 Å². The third-order valence-electron chi connectivity index (χ3n) is 4.60. The highest BCUT2D eigenvalue weighted by atomic mass is 19.2. The summed E-state index contributed by atoms with van der Waals surface area (Å²) in [5.74, 6) is -3.71. The molecule has 2 saturated heterocycles. The van der Waals surface area contributed by atoms with Crippen molar-refractivity contribution in [1.29, 1.82) is 0 Å². The Morgan fingerprint density at radius 3 is 2.53 bits per heavy atom. The van der Waals surface area contributed by atoms with Crippen molar-refractivity contribution in [1.82, 2.24) is 4.90 Å². The molecule has 0 radical (unpaired) electrons. The zero-order chi connectivity index (χ0) is 13.6. The number of aliphatic hydroxyl groups is 1. The first-order valence-corrected chi connectivity index (χ1v) is 6.59. The summed E-state index contributed by atoms with van der Waals surface area (Å²) in [7, 11) is 0. The monoisotopic (exact) mass is 271 g/mol. The molecule has 2 heterocycles. The maximum absolute atomic E-state index is 13.3. The first-order valence-electron chi connectivity index (χ1n) is 6.59. The second-order valence-corrected chi connectivity index (χ2v) is 5.53. The summed E-state index contributed by atoms with van der Waals surface area (Å²) < 4.78 is 39.7. The zero-order valence-electron chi connectivity index (χ0n) is 10.5. The van der Waals surface area contributed by atoms with Gasteiger partial charge in [-0.05, 0) is 49.9 Å². The van der Waals surface area contributed by atoms with Crippen molar-refractivity contribution in [2.75, 3.05) is 13.2 Å². The van der Waals surface area contributed by atoms with E-state index >= 15 is 0 Å². The Balaban J connectivity index is 1.96.